The minimum atomic E-state index is -3.69. The lowest BCUT2D eigenvalue weighted by molar-refractivity contribution is -0.122. The summed E-state index contributed by atoms with van der Waals surface area (Å²) in [6.07, 6.45) is 1.43. The van der Waals surface area contributed by atoms with Crippen molar-refractivity contribution in [3.63, 3.8) is 0 Å². The minimum absolute atomic E-state index is 0.314. The Morgan fingerprint density at radius 2 is 1.83 bits per heavy atom. The lowest BCUT2D eigenvalue weighted by Crippen LogP contribution is -2.49. The molecule has 0 saturated carbocycles. The molecule has 0 aromatic heterocycles. The number of benzene rings is 2. The number of hydrogen-bond donors (Lipinski definition) is 1. The Balaban J connectivity index is 2.37. The summed E-state index contributed by atoms with van der Waals surface area (Å²) in [7, 11) is -0.571. The van der Waals surface area contributed by atoms with Crippen molar-refractivity contribution in [3.05, 3.63) is 53.6 Å². The maximum atomic E-state index is 13.2. The molecule has 0 radical (unpaired) electrons. The first-order valence-corrected chi connectivity index (χ1v) is 11.6. The van der Waals surface area contributed by atoms with E-state index in [2.05, 4.69) is 5.32 Å². The highest BCUT2D eigenvalue weighted by atomic mass is 32.2. The number of rotatable bonds is 9. The molecule has 0 aliphatic heterocycles. The Hall–Kier alpha value is -2.74. The van der Waals surface area contributed by atoms with Crippen molar-refractivity contribution in [1.29, 1.82) is 0 Å². The van der Waals surface area contributed by atoms with E-state index >= 15 is 0 Å². The normalized spacial score (nSPS) is 13.3. The van der Waals surface area contributed by atoms with Crippen LogP contribution in [0.25, 0.3) is 0 Å². The summed E-state index contributed by atoms with van der Waals surface area (Å²) in [5.74, 6) is 0.855. The number of carbonyl (C=O) groups is 1. The number of nitrogens with one attached hydrogen (secondary N) is 1. The molecule has 30 heavy (non-hydrogen) atoms. The van der Waals surface area contributed by atoms with Gasteiger partial charge in [-0.15, -0.1) is 0 Å². The van der Waals surface area contributed by atoms with Gasteiger partial charge in [0.2, 0.25) is 15.9 Å². The quantitative estimate of drug-likeness (QED) is 0.654. The fourth-order valence-corrected chi connectivity index (χ4v) is 4.59. The monoisotopic (exact) mass is 434 g/mol. The molecule has 1 amide bonds. The second-order valence-electron chi connectivity index (χ2n) is 7.16. The first-order chi connectivity index (χ1) is 14.1. The molecule has 2 atom stereocenters. The van der Waals surface area contributed by atoms with Crippen molar-refractivity contribution in [2.45, 2.75) is 39.3 Å². The van der Waals surface area contributed by atoms with E-state index in [4.69, 9.17) is 9.47 Å². The van der Waals surface area contributed by atoms with E-state index in [1.54, 1.807) is 57.5 Å². The number of hydrogen-bond acceptors (Lipinski definition) is 5. The topological polar surface area (TPSA) is 84.9 Å². The molecule has 0 aliphatic rings. The van der Waals surface area contributed by atoms with E-state index in [1.807, 2.05) is 19.9 Å². The third-order valence-electron chi connectivity index (χ3n) is 4.85. The van der Waals surface area contributed by atoms with Gasteiger partial charge in [0.1, 0.15) is 17.5 Å². The van der Waals surface area contributed by atoms with Crippen LogP contribution < -0.4 is 19.1 Å². The lowest BCUT2D eigenvalue weighted by Gasteiger charge is -2.31. The maximum Gasteiger partial charge on any atom is 0.244 e. The summed E-state index contributed by atoms with van der Waals surface area (Å²) in [5, 5.41) is 2.93. The molecular weight excluding hydrogens is 404 g/mol. The third-order valence-corrected chi connectivity index (χ3v) is 6.03. The lowest BCUT2D eigenvalue weighted by atomic mass is 10.1. The fourth-order valence-electron chi connectivity index (χ4n) is 3.39. The molecule has 164 valence electrons. The SMILES string of the molecule is CC[C@@H](C(=O)N[C@H](C)c1cc(OC)ccc1OC)N(c1cccc(C)c1)S(C)(=O)=O. The Morgan fingerprint density at radius 1 is 1.13 bits per heavy atom. The van der Waals surface area contributed by atoms with E-state index in [9.17, 15) is 13.2 Å². The molecule has 7 nitrogen and oxygen atoms in total. The summed E-state index contributed by atoms with van der Waals surface area (Å²) < 4.78 is 37.1. The number of aryl methyl sites for hydroxylation is 1. The van der Waals surface area contributed by atoms with Crippen molar-refractivity contribution in [1.82, 2.24) is 5.32 Å². The molecule has 0 saturated heterocycles. The van der Waals surface area contributed by atoms with Crippen LogP contribution in [0, 0.1) is 6.92 Å². The third kappa shape index (κ3) is 5.44. The van der Waals surface area contributed by atoms with Crippen LogP contribution >= 0.6 is 0 Å². The molecule has 0 heterocycles. The van der Waals surface area contributed by atoms with Crippen LogP contribution in [0.5, 0.6) is 11.5 Å². The Kier molecular flexibility index (Phi) is 7.72. The average Bonchev–Trinajstić information content (AvgIpc) is 2.70. The van der Waals surface area contributed by atoms with Crippen LogP contribution in [0.15, 0.2) is 42.5 Å². The summed E-state index contributed by atoms with van der Waals surface area (Å²) in [6.45, 7) is 5.48. The first kappa shape index (κ1) is 23.5. The molecule has 2 aromatic rings. The van der Waals surface area contributed by atoms with E-state index in [0.29, 0.717) is 23.6 Å². The van der Waals surface area contributed by atoms with Gasteiger partial charge in [0.15, 0.2) is 0 Å². The number of ether oxygens (including phenoxy) is 2. The number of anilines is 1. The molecule has 0 aliphatic carbocycles. The number of sulfonamides is 1. The predicted octanol–water partition coefficient (Wildman–Crippen LogP) is 3.43. The Bertz CT molecular complexity index is 991. The van der Waals surface area contributed by atoms with Crippen molar-refractivity contribution in [2.24, 2.45) is 0 Å². The van der Waals surface area contributed by atoms with Crippen molar-refractivity contribution >= 4 is 21.6 Å². The Labute approximate surface area is 179 Å². The second-order valence-corrected chi connectivity index (χ2v) is 9.02. The molecule has 0 fully saturated rings. The van der Waals surface area contributed by atoms with Gasteiger partial charge in [-0.3, -0.25) is 9.10 Å². The molecule has 0 spiro atoms. The van der Waals surface area contributed by atoms with Crippen LogP contribution in [-0.4, -0.2) is 40.8 Å². The standard InChI is InChI=1S/C22H30N2O5S/c1-7-20(24(30(6,26)27)17-10-8-9-15(2)13-17)22(25)23-16(3)19-14-18(28-4)11-12-21(19)29-5/h8-14,16,20H,7H2,1-6H3,(H,23,25)/t16-,20+/m1/s1. The van der Waals surface area contributed by atoms with Gasteiger partial charge in [0.05, 0.1) is 32.2 Å². The molecule has 8 heteroatoms. The summed E-state index contributed by atoms with van der Waals surface area (Å²) in [5.41, 5.74) is 2.11. The second kappa shape index (κ2) is 9.84. The van der Waals surface area contributed by atoms with Crippen molar-refractivity contribution in [3.8, 4) is 11.5 Å². The fraction of sp³-hybridized carbons (Fsp3) is 0.409. The van der Waals surface area contributed by atoms with E-state index in [0.717, 1.165) is 17.4 Å². The number of amides is 1. The van der Waals surface area contributed by atoms with Crippen LogP contribution in [0.4, 0.5) is 5.69 Å². The molecule has 1 N–H and O–H groups in total. The van der Waals surface area contributed by atoms with Gasteiger partial charge in [-0.1, -0.05) is 19.1 Å². The predicted molar refractivity (Wildman–Crippen MR) is 119 cm³/mol. The molecule has 0 bridgehead atoms. The van der Waals surface area contributed by atoms with Crippen molar-refractivity contribution < 1.29 is 22.7 Å². The van der Waals surface area contributed by atoms with Crippen LogP contribution in [0.3, 0.4) is 0 Å². The first-order valence-electron chi connectivity index (χ1n) is 9.70. The number of nitrogens with zero attached hydrogens (tertiary/aromatic N) is 1. The number of carbonyl (C=O) groups excluding carboxylic acids is 1. The zero-order valence-corrected chi connectivity index (χ0v) is 19.1. The molecule has 0 unspecified atom stereocenters. The molecule has 2 aromatic carbocycles. The van der Waals surface area contributed by atoms with Gasteiger partial charge in [-0.25, -0.2) is 8.42 Å². The van der Waals surface area contributed by atoms with Gasteiger partial charge >= 0.3 is 0 Å². The van der Waals surface area contributed by atoms with Gasteiger partial charge in [0.25, 0.3) is 0 Å². The summed E-state index contributed by atoms with van der Waals surface area (Å²) in [4.78, 5) is 13.2. The number of methoxy groups -OCH3 is 2. The zero-order valence-electron chi connectivity index (χ0n) is 18.3. The highest BCUT2D eigenvalue weighted by Crippen LogP contribution is 2.30. The Morgan fingerprint density at radius 3 is 2.37 bits per heavy atom. The van der Waals surface area contributed by atoms with Gasteiger partial charge < -0.3 is 14.8 Å². The van der Waals surface area contributed by atoms with Gasteiger partial charge in [-0.2, -0.15) is 0 Å². The summed E-state index contributed by atoms with van der Waals surface area (Å²) in [6, 6.07) is 11.1. The van der Waals surface area contributed by atoms with Crippen LogP contribution in [0.2, 0.25) is 0 Å². The summed E-state index contributed by atoms with van der Waals surface area (Å²) >= 11 is 0. The smallest absolute Gasteiger partial charge is 0.244 e. The van der Waals surface area contributed by atoms with E-state index < -0.39 is 22.1 Å². The zero-order chi connectivity index (χ0) is 22.5. The molecule has 2 rings (SSSR count). The molecular formula is C22H30N2O5S. The maximum absolute atomic E-state index is 13.2. The largest absolute Gasteiger partial charge is 0.497 e. The highest BCUT2D eigenvalue weighted by Gasteiger charge is 2.32. The van der Waals surface area contributed by atoms with Gasteiger partial charge in [-0.05, 0) is 56.2 Å². The van der Waals surface area contributed by atoms with Crippen molar-refractivity contribution in [2.75, 3.05) is 24.8 Å². The minimum Gasteiger partial charge on any atom is -0.497 e. The average molecular weight is 435 g/mol. The highest BCUT2D eigenvalue weighted by molar-refractivity contribution is 7.92. The van der Waals surface area contributed by atoms with Gasteiger partial charge in [0, 0.05) is 5.56 Å². The van der Waals surface area contributed by atoms with Crippen LogP contribution in [0.1, 0.15) is 37.4 Å². The van der Waals surface area contributed by atoms with E-state index in [-0.39, 0.29) is 5.91 Å². The van der Waals surface area contributed by atoms with E-state index in [1.165, 1.54) is 4.31 Å². The van der Waals surface area contributed by atoms with Crippen LogP contribution in [-0.2, 0) is 14.8 Å².